The summed E-state index contributed by atoms with van der Waals surface area (Å²) in [4.78, 5) is 11.4. The Hall–Kier alpha value is -1.46. The van der Waals surface area contributed by atoms with Crippen molar-refractivity contribution >= 4 is 5.78 Å². The van der Waals surface area contributed by atoms with Crippen molar-refractivity contribution in [2.24, 2.45) is 5.92 Å². The van der Waals surface area contributed by atoms with Crippen LogP contribution in [0.15, 0.2) is 12.3 Å². The molecule has 20 heavy (non-hydrogen) atoms. The minimum Gasteiger partial charge on any atom is -0.395 e. The molecular formula is C15H22N4O. The predicted molar refractivity (Wildman–Crippen MR) is 77.5 cm³/mol. The standard InChI is InChI=1S/C15H22N4O/c1-10-4-5-18(14(10)9-20)7-13-8-19-12(3)6-11(2)16-15(19)17-13/h6,8,10,14,20H,4-5,7,9H2,1-3H3. The fraction of sp³-hybridized carbons (Fsp3) is 0.600. The maximum atomic E-state index is 9.53. The van der Waals surface area contributed by atoms with Gasteiger partial charge < -0.3 is 5.11 Å². The zero-order valence-corrected chi connectivity index (χ0v) is 12.4. The highest BCUT2D eigenvalue weighted by Gasteiger charge is 2.30. The van der Waals surface area contributed by atoms with Gasteiger partial charge in [-0.3, -0.25) is 9.30 Å². The summed E-state index contributed by atoms with van der Waals surface area (Å²) in [6.07, 6.45) is 3.21. The van der Waals surface area contributed by atoms with E-state index in [-0.39, 0.29) is 12.6 Å². The van der Waals surface area contributed by atoms with E-state index in [2.05, 4.69) is 41.0 Å². The number of aryl methyl sites for hydroxylation is 2. The molecule has 3 heterocycles. The molecule has 0 spiro atoms. The summed E-state index contributed by atoms with van der Waals surface area (Å²) in [6, 6.07) is 2.32. The van der Waals surface area contributed by atoms with Gasteiger partial charge in [0, 0.05) is 30.2 Å². The van der Waals surface area contributed by atoms with E-state index in [0.29, 0.717) is 5.92 Å². The Kier molecular flexibility index (Phi) is 3.48. The predicted octanol–water partition coefficient (Wildman–Crippen LogP) is 1.55. The van der Waals surface area contributed by atoms with E-state index in [4.69, 9.17) is 0 Å². The zero-order valence-electron chi connectivity index (χ0n) is 12.4. The van der Waals surface area contributed by atoms with Crippen molar-refractivity contribution < 1.29 is 5.11 Å². The second kappa shape index (κ2) is 5.14. The Morgan fingerprint density at radius 3 is 2.90 bits per heavy atom. The summed E-state index contributed by atoms with van der Waals surface area (Å²) in [5.41, 5.74) is 3.17. The Balaban J connectivity index is 1.86. The molecule has 5 heteroatoms. The monoisotopic (exact) mass is 274 g/mol. The molecule has 0 aliphatic carbocycles. The molecule has 2 atom stereocenters. The van der Waals surface area contributed by atoms with Gasteiger partial charge in [-0.15, -0.1) is 0 Å². The van der Waals surface area contributed by atoms with Crippen LogP contribution in [0.5, 0.6) is 0 Å². The number of rotatable bonds is 3. The van der Waals surface area contributed by atoms with Crippen LogP contribution in [0.4, 0.5) is 0 Å². The summed E-state index contributed by atoms with van der Waals surface area (Å²) in [5, 5.41) is 9.53. The van der Waals surface area contributed by atoms with Gasteiger partial charge >= 0.3 is 0 Å². The highest BCUT2D eigenvalue weighted by Crippen LogP contribution is 2.25. The molecular weight excluding hydrogens is 252 g/mol. The maximum absolute atomic E-state index is 9.53. The van der Waals surface area contributed by atoms with Gasteiger partial charge in [0.05, 0.1) is 12.3 Å². The van der Waals surface area contributed by atoms with Gasteiger partial charge in [0.2, 0.25) is 5.78 Å². The second-order valence-electron chi connectivity index (χ2n) is 5.93. The average Bonchev–Trinajstić information content (AvgIpc) is 2.93. The first-order valence-corrected chi connectivity index (χ1v) is 7.25. The van der Waals surface area contributed by atoms with Gasteiger partial charge in [-0.1, -0.05) is 6.92 Å². The number of imidazole rings is 1. The van der Waals surface area contributed by atoms with Crippen molar-refractivity contribution in [2.45, 2.75) is 39.8 Å². The molecule has 0 aromatic carbocycles. The molecule has 2 unspecified atom stereocenters. The van der Waals surface area contributed by atoms with Crippen LogP contribution in [0.1, 0.15) is 30.4 Å². The van der Waals surface area contributed by atoms with Gasteiger partial charge in [0.1, 0.15) is 0 Å². The number of aliphatic hydroxyl groups excluding tert-OH is 1. The second-order valence-corrected chi connectivity index (χ2v) is 5.93. The Morgan fingerprint density at radius 2 is 2.15 bits per heavy atom. The largest absolute Gasteiger partial charge is 0.395 e. The van der Waals surface area contributed by atoms with Crippen LogP contribution < -0.4 is 0 Å². The van der Waals surface area contributed by atoms with Crippen molar-refractivity contribution in [3.05, 3.63) is 29.3 Å². The summed E-state index contributed by atoms with van der Waals surface area (Å²) in [7, 11) is 0. The first-order chi connectivity index (χ1) is 9.58. The molecule has 1 aliphatic rings. The first kappa shape index (κ1) is 13.5. The van der Waals surface area contributed by atoms with Gasteiger partial charge in [0.25, 0.3) is 0 Å². The zero-order chi connectivity index (χ0) is 14.3. The smallest absolute Gasteiger partial charge is 0.234 e. The normalized spacial score (nSPS) is 23.8. The summed E-state index contributed by atoms with van der Waals surface area (Å²) in [5.74, 6) is 1.32. The molecule has 0 amide bonds. The quantitative estimate of drug-likeness (QED) is 0.922. The van der Waals surface area contributed by atoms with Crippen LogP contribution >= 0.6 is 0 Å². The molecule has 0 radical (unpaired) electrons. The number of hydrogen-bond donors (Lipinski definition) is 1. The van der Waals surface area contributed by atoms with Crippen molar-refractivity contribution in [3.8, 4) is 0 Å². The van der Waals surface area contributed by atoms with E-state index in [1.807, 2.05) is 11.3 Å². The van der Waals surface area contributed by atoms with Crippen LogP contribution in [-0.4, -0.2) is 43.6 Å². The van der Waals surface area contributed by atoms with E-state index in [1.54, 1.807) is 0 Å². The third-order valence-corrected chi connectivity index (χ3v) is 4.36. The highest BCUT2D eigenvalue weighted by molar-refractivity contribution is 5.34. The van der Waals surface area contributed by atoms with Gasteiger partial charge in [-0.05, 0) is 38.8 Å². The molecule has 1 fully saturated rings. The fourth-order valence-electron chi connectivity index (χ4n) is 3.18. The third-order valence-electron chi connectivity index (χ3n) is 4.36. The molecule has 2 aromatic rings. The number of likely N-dealkylation sites (tertiary alicyclic amines) is 1. The number of aliphatic hydroxyl groups is 1. The molecule has 0 saturated carbocycles. The Bertz CT molecular complexity index is 622. The number of nitrogens with zero attached hydrogens (tertiary/aromatic N) is 4. The van der Waals surface area contributed by atoms with E-state index in [1.165, 1.54) is 0 Å². The minimum absolute atomic E-state index is 0.227. The number of hydrogen-bond acceptors (Lipinski definition) is 4. The van der Waals surface area contributed by atoms with E-state index < -0.39 is 0 Å². The van der Waals surface area contributed by atoms with Crippen LogP contribution in [-0.2, 0) is 6.54 Å². The molecule has 3 rings (SSSR count). The average molecular weight is 274 g/mol. The number of fused-ring (bicyclic) bond motifs is 1. The van der Waals surface area contributed by atoms with Gasteiger partial charge in [-0.25, -0.2) is 9.97 Å². The SMILES string of the molecule is Cc1cc(C)n2cc(CN3CCC(C)C3CO)nc2n1. The lowest BCUT2D eigenvalue weighted by Gasteiger charge is -2.23. The van der Waals surface area contributed by atoms with Crippen LogP contribution in [0, 0.1) is 19.8 Å². The van der Waals surface area contributed by atoms with Crippen molar-refractivity contribution in [3.63, 3.8) is 0 Å². The maximum Gasteiger partial charge on any atom is 0.234 e. The van der Waals surface area contributed by atoms with Gasteiger partial charge in [0.15, 0.2) is 0 Å². The van der Waals surface area contributed by atoms with E-state index in [9.17, 15) is 5.11 Å². The van der Waals surface area contributed by atoms with Crippen LogP contribution in [0.3, 0.4) is 0 Å². The Labute approximate surface area is 119 Å². The van der Waals surface area contributed by atoms with E-state index >= 15 is 0 Å². The van der Waals surface area contributed by atoms with Crippen molar-refractivity contribution in [2.75, 3.05) is 13.2 Å². The molecule has 2 aromatic heterocycles. The van der Waals surface area contributed by atoms with Crippen LogP contribution in [0.2, 0.25) is 0 Å². The summed E-state index contributed by atoms with van der Waals surface area (Å²) >= 11 is 0. The van der Waals surface area contributed by atoms with E-state index in [0.717, 1.165) is 42.4 Å². The molecule has 0 bridgehead atoms. The fourth-order valence-corrected chi connectivity index (χ4v) is 3.18. The highest BCUT2D eigenvalue weighted by atomic mass is 16.3. The summed E-state index contributed by atoms with van der Waals surface area (Å²) in [6.45, 7) is 8.32. The molecule has 1 aliphatic heterocycles. The lowest BCUT2D eigenvalue weighted by atomic mass is 10.0. The topological polar surface area (TPSA) is 53.7 Å². The first-order valence-electron chi connectivity index (χ1n) is 7.25. The molecule has 108 valence electrons. The number of aromatic nitrogens is 3. The molecule has 1 saturated heterocycles. The third kappa shape index (κ3) is 2.31. The van der Waals surface area contributed by atoms with Crippen molar-refractivity contribution in [1.82, 2.24) is 19.3 Å². The molecule has 5 nitrogen and oxygen atoms in total. The van der Waals surface area contributed by atoms with Gasteiger partial charge in [-0.2, -0.15) is 0 Å². The minimum atomic E-state index is 0.227. The Morgan fingerprint density at radius 1 is 1.35 bits per heavy atom. The van der Waals surface area contributed by atoms with Crippen molar-refractivity contribution in [1.29, 1.82) is 0 Å². The summed E-state index contributed by atoms with van der Waals surface area (Å²) < 4.78 is 2.04. The van der Waals surface area contributed by atoms with Crippen LogP contribution in [0.25, 0.3) is 5.78 Å². The lowest BCUT2D eigenvalue weighted by Crippen LogP contribution is -2.34. The lowest BCUT2D eigenvalue weighted by molar-refractivity contribution is 0.133. The molecule has 1 N–H and O–H groups in total.